The molecule has 27 heavy (non-hydrogen) atoms. The quantitative estimate of drug-likeness (QED) is 0.550. The predicted octanol–water partition coefficient (Wildman–Crippen LogP) is 2.74. The first-order chi connectivity index (χ1) is 12.9. The summed E-state index contributed by atoms with van der Waals surface area (Å²) in [5.74, 6) is 1.12. The molecule has 7 heteroatoms. The summed E-state index contributed by atoms with van der Waals surface area (Å²) < 4.78 is 20.6. The van der Waals surface area contributed by atoms with Gasteiger partial charge in [0.2, 0.25) is 0 Å². The maximum atomic E-state index is 13.0. The highest BCUT2D eigenvalue weighted by Crippen LogP contribution is 2.13. The molecule has 2 N–H and O–H groups in total. The third kappa shape index (κ3) is 6.27. The van der Waals surface area contributed by atoms with Crippen LogP contribution >= 0.6 is 0 Å². The number of guanidine groups is 1. The normalized spacial score (nSPS) is 12.7. The number of benzene rings is 1. The molecule has 1 atom stereocenters. The molecule has 0 aliphatic carbocycles. The molecule has 0 aliphatic heterocycles. The lowest BCUT2D eigenvalue weighted by atomic mass is 10.1. The van der Waals surface area contributed by atoms with Crippen molar-refractivity contribution in [3.63, 3.8) is 0 Å². The van der Waals surface area contributed by atoms with E-state index >= 15 is 0 Å². The topological polar surface area (TPSA) is 63.5 Å². The van der Waals surface area contributed by atoms with Crippen molar-refractivity contribution in [2.24, 2.45) is 12.0 Å². The number of aromatic nitrogens is 2. The van der Waals surface area contributed by atoms with Gasteiger partial charge >= 0.3 is 0 Å². The van der Waals surface area contributed by atoms with Crippen molar-refractivity contribution in [3.05, 3.63) is 47.0 Å². The van der Waals surface area contributed by atoms with Crippen LogP contribution in [0, 0.1) is 19.7 Å². The number of rotatable bonds is 8. The van der Waals surface area contributed by atoms with Gasteiger partial charge in [0.1, 0.15) is 17.7 Å². The fraction of sp³-hybridized carbons (Fsp3) is 0.500. The summed E-state index contributed by atoms with van der Waals surface area (Å²) in [6.45, 7) is 10.1. The molecular weight excluding hydrogens is 345 g/mol. The summed E-state index contributed by atoms with van der Waals surface area (Å²) in [4.78, 5) is 4.58. The second kappa shape index (κ2) is 9.94. The highest BCUT2D eigenvalue weighted by molar-refractivity contribution is 5.79. The molecule has 0 saturated carbocycles. The number of ether oxygens (including phenoxy) is 1. The zero-order valence-electron chi connectivity index (χ0n) is 16.8. The molecule has 0 spiro atoms. The van der Waals surface area contributed by atoms with Gasteiger partial charge in [-0.1, -0.05) is 0 Å². The molecule has 0 saturated heterocycles. The van der Waals surface area contributed by atoms with Crippen molar-refractivity contribution < 1.29 is 9.13 Å². The van der Waals surface area contributed by atoms with Gasteiger partial charge in [-0.05, 0) is 63.9 Å². The van der Waals surface area contributed by atoms with Crippen LogP contribution in [0.15, 0.2) is 29.3 Å². The van der Waals surface area contributed by atoms with Gasteiger partial charge in [0.25, 0.3) is 0 Å². The lowest BCUT2D eigenvalue weighted by molar-refractivity contribution is 0.230. The highest BCUT2D eigenvalue weighted by atomic mass is 19.1. The fourth-order valence-corrected chi connectivity index (χ4v) is 2.83. The highest BCUT2D eigenvalue weighted by Gasteiger charge is 2.09. The Balaban J connectivity index is 1.86. The van der Waals surface area contributed by atoms with E-state index in [-0.39, 0.29) is 11.9 Å². The van der Waals surface area contributed by atoms with E-state index in [1.165, 1.54) is 23.4 Å². The van der Waals surface area contributed by atoms with Crippen LogP contribution in [0.1, 0.15) is 30.8 Å². The number of halogens is 1. The van der Waals surface area contributed by atoms with Crippen LogP contribution in [0.2, 0.25) is 0 Å². The van der Waals surface area contributed by atoms with Gasteiger partial charge in [-0.3, -0.25) is 4.68 Å². The molecule has 0 bridgehead atoms. The molecule has 6 nitrogen and oxygen atoms in total. The Kier molecular flexibility index (Phi) is 7.64. The second-order valence-electron chi connectivity index (χ2n) is 6.55. The summed E-state index contributed by atoms with van der Waals surface area (Å²) in [5, 5.41) is 11.1. The van der Waals surface area contributed by atoms with Crippen molar-refractivity contribution in [1.82, 2.24) is 20.4 Å². The largest absolute Gasteiger partial charge is 0.489 e. The molecular formula is C20H30FN5O. The SMILES string of the molecule is CCNC(=NCC(C)Oc1ccc(F)cc1)NCCc1c(C)nn(C)c1C. The summed E-state index contributed by atoms with van der Waals surface area (Å²) in [6.07, 6.45) is 0.770. The van der Waals surface area contributed by atoms with E-state index in [1.54, 1.807) is 12.1 Å². The van der Waals surface area contributed by atoms with Crippen LogP contribution < -0.4 is 15.4 Å². The minimum atomic E-state index is -0.272. The zero-order chi connectivity index (χ0) is 19.8. The molecule has 1 unspecified atom stereocenters. The fourth-order valence-electron chi connectivity index (χ4n) is 2.83. The first kappa shape index (κ1) is 20.7. The molecule has 0 amide bonds. The Morgan fingerprint density at radius 3 is 2.56 bits per heavy atom. The van der Waals surface area contributed by atoms with Crippen LogP contribution in [-0.4, -0.2) is 41.5 Å². The number of aryl methyl sites for hydroxylation is 2. The summed E-state index contributed by atoms with van der Waals surface area (Å²) in [5.41, 5.74) is 3.53. The van der Waals surface area contributed by atoms with E-state index in [4.69, 9.17) is 4.74 Å². The van der Waals surface area contributed by atoms with Gasteiger partial charge < -0.3 is 15.4 Å². The minimum Gasteiger partial charge on any atom is -0.489 e. The van der Waals surface area contributed by atoms with E-state index < -0.39 is 0 Å². The average Bonchev–Trinajstić information content (AvgIpc) is 2.87. The number of hydrogen-bond acceptors (Lipinski definition) is 3. The number of aliphatic imine (C=N–C) groups is 1. The summed E-state index contributed by atoms with van der Waals surface area (Å²) in [7, 11) is 1.97. The Labute approximate surface area is 160 Å². The maximum Gasteiger partial charge on any atom is 0.191 e. The van der Waals surface area contributed by atoms with Gasteiger partial charge in [-0.25, -0.2) is 9.38 Å². The molecule has 0 fully saturated rings. The van der Waals surface area contributed by atoms with Gasteiger partial charge in [-0.15, -0.1) is 0 Å². The summed E-state index contributed by atoms with van der Waals surface area (Å²) in [6, 6.07) is 6.02. The molecule has 1 aromatic heterocycles. The molecule has 2 rings (SSSR count). The molecule has 1 heterocycles. The lowest BCUT2D eigenvalue weighted by Gasteiger charge is -2.15. The number of nitrogens with one attached hydrogen (secondary N) is 2. The Bertz CT molecular complexity index is 754. The van der Waals surface area contributed by atoms with E-state index in [0.717, 1.165) is 31.2 Å². The Morgan fingerprint density at radius 1 is 1.26 bits per heavy atom. The van der Waals surface area contributed by atoms with Crippen molar-refractivity contribution >= 4 is 5.96 Å². The van der Waals surface area contributed by atoms with E-state index in [2.05, 4.69) is 27.6 Å². The molecule has 0 radical (unpaired) electrons. The van der Waals surface area contributed by atoms with Gasteiger partial charge in [0, 0.05) is 25.8 Å². The van der Waals surface area contributed by atoms with Crippen LogP contribution in [-0.2, 0) is 13.5 Å². The maximum absolute atomic E-state index is 13.0. The molecule has 148 valence electrons. The van der Waals surface area contributed by atoms with Crippen molar-refractivity contribution in [2.75, 3.05) is 19.6 Å². The third-order valence-corrected chi connectivity index (χ3v) is 4.33. The average molecular weight is 375 g/mol. The van der Waals surface area contributed by atoms with Gasteiger partial charge in [0.05, 0.1) is 12.2 Å². The Hall–Kier alpha value is -2.57. The lowest BCUT2D eigenvalue weighted by Crippen LogP contribution is -2.39. The molecule has 0 aliphatic rings. The van der Waals surface area contributed by atoms with Crippen molar-refractivity contribution in [3.8, 4) is 5.75 Å². The van der Waals surface area contributed by atoms with Gasteiger partial charge in [-0.2, -0.15) is 5.10 Å². The first-order valence-corrected chi connectivity index (χ1v) is 9.34. The monoisotopic (exact) mass is 375 g/mol. The van der Waals surface area contributed by atoms with Crippen molar-refractivity contribution in [1.29, 1.82) is 0 Å². The first-order valence-electron chi connectivity index (χ1n) is 9.34. The standard InChI is InChI=1S/C20H30FN5O/c1-6-22-20(23-12-11-19-15(3)25-26(5)16(19)4)24-13-14(2)27-18-9-7-17(21)8-10-18/h7-10,14H,6,11-13H2,1-5H3,(H2,22,23,24). The van der Waals surface area contributed by atoms with Crippen LogP contribution in [0.4, 0.5) is 4.39 Å². The van der Waals surface area contributed by atoms with Crippen LogP contribution in [0.25, 0.3) is 0 Å². The van der Waals surface area contributed by atoms with E-state index in [0.29, 0.717) is 12.3 Å². The smallest absolute Gasteiger partial charge is 0.191 e. The van der Waals surface area contributed by atoms with E-state index in [9.17, 15) is 4.39 Å². The molecule has 1 aromatic carbocycles. The number of nitrogens with zero attached hydrogens (tertiary/aromatic N) is 3. The second-order valence-corrected chi connectivity index (χ2v) is 6.55. The van der Waals surface area contributed by atoms with E-state index in [1.807, 2.05) is 32.5 Å². The Morgan fingerprint density at radius 2 is 1.96 bits per heavy atom. The van der Waals surface area contributed by atoms with Crippen LogP contribution in [0.3, 0.4) is 0 Å². The third-order valence-electron chi connectivity index (χ3n) is 4.33. The zero-order valence-corrected chi connectivity index (χ0v) is 16.8. The van der Waals surface area contributed by atoms with Crippen LogP contribution in [0.5, 0.6) is 5.75 Å². The number of hydrogen-bond donors (Lipinski definition) is 2. The summed E-state index contributed by atoms with van der Waals surface area (Å²) >= 11 is 0. The van der Waals surface area contributed by atoms with Crippen molar-refractivity contribution in [2.45, 2.75) is 40.2 Å². The predicted molar refractivity (Wildman–Crippen MR) is 107 cm³/mol. The minimum absolute atomic E-state index is 0.117. The van der Waals surface area contributed by atoms with Gasteiger partial charge in [0.15, 0.2) is 5.96 Å². The molecule has 2 aromatic rings.